The molecule has 0 saturated heterocycles. The lowest BCUT2D eigenvalue weighted by atomic mass is 10.3. The molecule has 0 aliphatic heterocycles. The van der Waals surface area contributed by atoms with E-state index in [4.69, 9.17) is 0 Å². The number of carbonyl (C=O) groups excluding carboxylic acids is 2. The van der Waals surface area contributed by atoms with Crippen LogP contribution in [0.1, 0.15) is 10.5 Å². The first-order valence-electron chi connectivity index (χ1n) is 8.31. The van der Waals surface area contributed by atoms with E-state index in [1.807, 2.05) is 24.3 Å². The van der Waals surface area contributed by atoms with Gasteiger partial charge >= 0.3 is 0 Å². The van der Waals surface area contributed by atoms with Crippen LogP contribution < -0.4 is 15.8 Å². The van der Waals surface area contributed by atoms with Crippen LogP contribution in [0.4, 0.5) is 11.4 Å². The Morgan fingerprint density at radius 3 is 2.26 bits per heavy atom. The monoisotopic (exact) mass is 362 g/mol. The number of rotatable bonds is 5. The van der Waals surface area contributed by atoms with Crippen molar-refractivity contribution >= 4 is 23.2 Å². The van der Waals surface area contributed by atoms with Gasteiger partial charge in [0.1, 0.15) is 12.2 Å². The number of nitrogens with one attached hydrogen (secondary N) is 1. The molecule has 0 aliphatic carbocycles. The summed E-state index contributed by atoms with van der Waals surface area (Å²) in [5, 5.41) is 6.72. The van der Waals surface area contributed by atoms with Gasteiger partial charge in [-0.05, 0) is 30.3 Å². The van der Waals surface area contributed by atoms with Crippen molar-refractivity contribution in [1.29, 1.82) is 0 Å². The summed E-state index contributed by atoms with van der Waals surface area (Å²) in [5.41, 5.74) is 0.908. The predicted octanol–water partition coefficient (Wildman–Crippen LogP) is 2.16. The van der Waals surface area contributed by atoms with E-state index in [2.05, 4.69) is 10.4 Å². The van der Waals surface area contributed by atoms with Crippen molar-refractivity contribution in [3.63, 3.8) is 0 Å². The number of benzene rings is 2. The van der Waals surface area contributed by atoms with Crippen molar-refractivity contribution in [1.82, 2.24) is 9.78 Å². The van der Waals surface area contributed by atoms with Crippen molar-refractivity contribution in [3.05, 3.63) is 88.8 Å². The minimum atomic E-state index is -0.459. The molecule has 3 aromatic rings. The maximum Gasteiger partial charge on any atom is 0.276 e. The summed E-state index contributed by atoms with van der Waals surface area (Å²) in [4.78, 5) is 38.3. The Hall–Kier alpha value is -3.74. The second kappa shape index (κ2) is 8.09. The Labute approximate surface area is 155 Å². The number of aromatic nitrogens is 2. The molecule has 7 heteroatoms. The molecule has 1 heterocycles. The zero-order chi connectivity index (χ0) is 19.2. The van der Waals surface area contributed by atoms with E-state index in [0.29, 0.717) is 11.4 Å². The average molecular weight is 362 g/mol. The molecule has 0 spiro atoms. The lowest BCUT2D eigenvalue weighted by Crippen LogP contribution is -2.35. The minimum absolute atomic E-state index is 0.0496. The van der Waals surface area contributed by atoms with Gasteiger partial charge in [0.2, 0.25) is 5.91 Å². The van der Waals surface area contributed by atoms with Crippen LogP contribution >= 0.6 is 0 Å². The first kappa shape index (κ1) is 18.1. The molecule has 1 N–H and O–H groups in total. The van der Waals surface area contributed by atoms with Gasteiger partial charge in [0.25, 0.3) is 11.5 Å². The molecule has 0 aliphatic rings. The van der Waals surface area contributed by atoms with Gasteiger partial charge in [-0.15, -0.1) is 0 Å². The predicted molar refractivity (Wildman–Crippen MR) is 103 cm³/mol. The highest BCUT2D eigenvalue weighted by molar-refractivity contribution is 6.02. The fourth-order valence-corrected chi connectivity index (χ4v) is 2.43. The van der Waals surface area contributed by atoms with Crippen LogP contribution in [0.15, 0.2) is 77.6 Å². The Balaban J connectivity index is 1.76. The Morgan fingerprint density at radius 2 is 1.59 bits per heavy atom. The van der Waals surface area contributed by atoms with Crippen molar-refractivity contribution in [2.75, 3.05) is 17.3 Å². The van der Waals surface area contributed by atoms with Crippen LogP contribution in [0.25, 0.3) is 0 Å². The quantitative estimate of drug-likeness (QED) is 0.754. The number of para-hydroxylation sites is 2. The van der Waals surface area contributed by atoms with Gasteiger partial charge in [0.15, 0.2) is 0 Å². The van der Waals surface area contributed by atoms with Gasteiger partial charge in [-0.1, -0.05) is 36.4 Å². The summed E-state index contributed by atoms with van der Waals surface area (Å²) in [6, 6.07) is 20.5. The third-order valence-corrected chi connectivity index (χ3v) is 3.93. The van der Waals surface area contributed by atoms with E-state index in [0.717, 1.165) is 4.68 Å². The third-order valence-electron chi connectivity index (χ3n) is 3.93. The largest absolute Gasteiger partial charge is 0.321 e. The standard InChI is InChI=1S/C20H18N4O3/c1-23(16-10-6-3-7-11-16)19(26)14-24-18(25)13-12-17(22-24)20(27)21-15-8-4-2-5-9-15/h2-13H,14H2,1H3,(H,21,27). The third kappa shape index (κ3) is 4.46. The Kier molecular flexibility index (Phi) is 5.41. The van der Waals surface area contributed by atoms with Crippen LogP contribution in [0, 0.1) is 0 Å². The molecule has 27 heavy (non-hydrogen) atoms. The van der Waals surface area contributed by atoms with Gasteiger partial charge < -0.3 is 10.2 Å². The molecule has 1 aromatic heterocycles. The van der Waals surface area contributed by atoms with Crippen molar-refractivity contribution in [3.8, 4) is 0 Å². The van der Waals surface area contributed by atoms with Gasteiger partial charge in [-0.3, -0.25) is 14.4 Å². The van der Waals surface area contributed by atoms with E-state index in [-0.39, 0.29) is 18.1 Å². The van der Waals surface area contributed by atoms with Crippen molar-refractivity contribution in [2.24, 2.45) is 0 Å². The SMILES string of the molecule is CN(C(=O)Cn1nc(C(=O)Nc2ccccc2)ccc1=O)c1ccccc1. The Bertz CT molecular complexity index is 1000. The zero-order valence-corrected chi connectivity index (χ0v) is 14.7. The van der Waals surface area contributed by atoms with Crippen LogP contribution in [-0.2, 0) is 11.3 Å². The smallest absolute Gasteiger partial charge is 0.276 e. The molecule has 7 nitrogen and oxygen atoms in total. The highest BCUT2D eigenvalue weighted by Crippen LogP contribution is 2.11. The van der Waals surface area contributed by atoms with E-state index in [1.54, 1.807) is 43.4 Å². The number of hydrogen-bond acceptors (Lipinski definition) is 4. The molecular formula is C20H18N4O3. The molecule has 3 rings (SSSR count). The van der Waals surface area contributed by atoms with Crippen molar-refractivity contribution in [2.45, 2.75) is 6.54 Å². The topological polar surface area (TPSA) is 84.3 Å². The number of carbonyl (C=O) groups is 2. The van der Waals surface area contributed by atoms with Crippen molar-refractivity contribution < 1.29 is 9.59 Å². The van der Waals surface area contributed by atoms with E-state index in [9.17, 15) is 14.4 Å². The summed E-state index contributed by atoms with van der Waals surface area (Å²) in [5.74, 6) is -0.782. The maximum absolute atomic E-state index is 12.5. The molecule has 0 unspecified atom stereocenters. The summed E-state index contributed by atoms with van der Waals surface area (Å²) in [7, 11) is 1.62. The average Bonchev–Trinajstić information content (AvgIpc) is 2.70. The van der Waals surface area contributed by atoms with Gasteiger partial charge in [0.05, 0.1) is 0 Å². The highest BCUT2D eigenvalue weighted by atomic mass is 16.2. The number of anilines is 2. The second-order valence-corrected chi connectivity index (χ2v) is 5.82. The molecule has 2 amide bonds. The Morgan fingerprint density at radius 1 is 0.963 bits per heavy atom. The molecule has 0 saturated carbocycles. The minimum Gasteiger partial charge on any atom is -0.321 e. The molecule has 0 bridgehead atoms. The first-order chi connectivity index (χ1) is 13.0. The molecule has 136 valence electrons. The van der Waals surface area contributed by atoms with Crippen LogP contribution in [0.2, 0.25) is 0 Å². The first-order valence-corrected chi connectivity index (χ1v) is 8.31. The lowest BCUT2D eigenvalue weighted by Gasteiger charge is -2.17. The molecule has 2 aromatic carbocycles. The molecule has 0 atom stereocenters. The lowest BCUT2D eigenvalue weighted by molar-refractivity contribution is -0.119. The summed E-state index contributed by atoms with van der Waals surface area (Å²) < 4.78 is 0.988. The molecule has 0 radical (unpaired) electrons. The van der Waals surface area contributed by atoms with Crippen LogP contribution in [0.5, 0.6) is 0 Å². The van der Waals surface area contributed by atoms with Crippen LogP contribution in [-0.4, -0.2) is 28.6 Å². The second-order valence-electron chi connectivity index (χ2n) is 5.82. The van der Waals surface area contributed by atoms with E-state index < -0.39 is 11.5 Å². The van der Waals surface area contributed by atoms with Gasteiger partial charge in [0, 0.05) is 24.5 Å². The fraction of sp³-hybridized carbons (Fsp3) is 0.100. The number of likely N-dealkylation sites (N-methyl/N-ethyl adjacent to an activating group) is 1. The van der Waals surface area contributed by atoms with E-state index >= 15 is 0 Å². The zero-order valence-electron chi connectivity index (χ0n) is 14.7. The van der Waals surface area contributed by atoms with Crippen LogP contribution in [0.3, 0.4) is 0 Å². The maximum atomic E-state index is 12.5. The highest BCUT2D eigenvalue weighted by Gasteiger charge is 2.15. The normalized spacial score (nSPS) is 10.3. The van der Waals surface area contributed by atoms with Gasteiger partial charge in [-0.25, -0.2) is 4.68 Å². The molecule has 0 fully saturated rings. The summed E-state index contributed by atoms with van der Waals surface area (Å²) >= 11 is 0. The van der Waals surface area contributed by atoms with Gasteiger partial charge in [-0.2, -0.15) is 5.10 Å². The summed E-state index contributed by atoms with van der Waals surface area (Å²) in [6.07, 6.45) is 0. The fourth-order valence-electron chi connectivity index (χ4n) is 2.43. The number of nitrogens with zero attached hydrogens (tertiary/aromatic N) is 3. The molecular weight excluding hydrogens is 344 g/mol. The number of amides is 2. The van der Waals surface area contributed by atoms with E-state index in [1.165, 1.54) is 17.0 Å². The summed E-state index contributed by atoms with van der Waals surface area (Å²) in [6.45, 7) is -0.267. The number of hydrogen-bond donors (Lipinski definition) is 1.